The highest BCUT2D eigenvalue weighted by Crippen LogP contribution is 2.25. The molecule has 146 valence electrons. The van der Waals surface area contributed by atoms with E-state index in [2.05, 4.69) is 27.8 Å². The van der Waals surface area contributed by atoms with Gasteiger partial charge in [0, 0.05) is 67.6 Å². The summed E-state index contributed by atoms with van der Waals surface area (Å²) in [6, 6.07) is 2.17. The first-order valence-electron chi connectivity index (χ1n) is 9.58. The highest BCUT2D eigenvalue weighted by molar-refractivity contribution is 7.99. The van der Waals surface area contributed by atoms with Gasteiger partial charge in [0.2, 0.25) is 0 Å². The van der Waals surface area contributed by atoms with Gasteiger partial charge in [-0.15, -0.1) is 11.8 Å². The van der Waals surface area contributed by atoms with E-state index in [9.17, 15) is 0 Å². The number of aromatic nitrogens is 1. The summed E-state index contributed by atoms with van der Waals surface area (Å²) in [7, 11) is 0. The zero-order chi connectivity index (χ0) is 18.0. The lowest BCUT2D eigenvalue weighted by molar-refractivity contribution is 0.0409. The predicted molar refractivity (Wildman–Crippen MR) is 110 cm³/mol. The molecule has 0 aliphatic carbocycles. The number of thioether (sulfide) groups is 2. The van der Waals surface area contributed by atoms with Gasteiger partial charge >= 0.3 is 0 Å². The van der Waals surface area contributed by atoms with Crippen LogP contribution in [0.1, 0.15) is 11.3 Å². The maximum Gasteiger partial charge on any atom is 0.0594 e. The maximum atomic E-state index is 5.42. The summed E-state index contributed by atoms with van der Waals surface area (Å²) in [4.78, 5) is 11.0. The number of ether oxygens (including phenoxy) is 2. The minimum atomic E-state index is 0.880. The molecule has 0 amide bonds. The Bertz CT molecular complexity index is 536. The summed E-state index contributed by atoms with van der Waals surface area (Å²) in [6.07, 6.45) is 1.97. The Morgan fingerprint density at radius 2 is 1.58 bits per heavy atom. The van der Waals surface area contributed by atoms with E-state index in [0.717, 1.165) is 83.0 Å². The highest BCUT2D eigenvalue weighted by atomic mass is 32.2. The zero-order valence-electron chi connectivity index (χ0n) is 15.8. The molecule has 0 N–H and O–H groups in total. The fourth-order valence-corrected chi connectivity index (χ4v) is 5.23. The van der Waals surface area contributed by atoms with Crippen molar-refractivity contribution < 1.29 is 9.47 Å². The second kappa shape index (κ2) is 11.5. The van der Waals surface area contributed by atoms with Crippen LogP contribution in [-0.4, -0.2) is 92.0 Å². The molecule has 3 heterocycles. The van der Waals surface area contributed by atoms with Crippen LogP contribution in [0, 0.1) is 6.92 Å². The van der Waals surface area contributed by atoms with Crippen molar-refractivity contribution in [3.05, 3.63) is 23.5 Å². The molecule has 0 radical (unpaired) electrons. The van der Waals surface area contributed by atoms with Gasteiger partial charge in [0.1, 0.15) is 0 Å². The summed E-state index contributed by atoms with van der Waals surface area (Å²) in [5, 5.41) is 0. The first kappa shape index (κ1) is 20.4. The van der Waals surface area contributed by atoms with Crippen LogP contribution in [0.15, 0.2) is 17.2 Å². The van der Waals surface area contributed by atoms with Gasteiger partial charge in [-0.2, -0.15) is 11.8 Å². The molecule has 0 unspecified atom stereocenters. The fourth-order valence-electron chi connectivity index (χ4n) is 3.16. The second-order valence-corrected chi connectivity index (χ2v) is 8.93. The summed E-state index contributed by atoms with van der Waals surface area (Å²) >= 11 is 3.96. The standard InChI is InChI=1S/C19H31N3O2S2/c1-17-18(16-25-14-8-21-4-10-23-11-5-21)20-3-2-19(17)26-15-9-22-6-12-24-13-7-22/h2-3H,4-16H2,1H3. The van der Waals surface area contributed by atoms with E-state index in [-0.39, 0.29) is 0 Å². The van der Waals surface area contributed by atoms with Crippen molar-refractivity contribution in [1.82, 2.24) is 14.8 Å². The molecule has 2 aliphatic heterocycles. The van der Waals surface area contributed by atoms with Crippen LogP contribution in [0.4, 0.5) is 0 Å². The molecule has 1 aromatic heterocycles. The number of rotatable bonds is 9. The largest absolute Gasteiger partial charge is 0.379 e. The lowest BCUT2D eigenvalue weighted by atomic mass is 10.2. The molecule has 0 aromatic carbocycles. The zero-order valence-corrected chi connectivity index (χ0v) is 17.5. The minimum Gasteiger partial charge on any atom is -0.379 e. The van der Waals surface area contributed by atoms with E-state index in [0.29, 0.717) is 0 Å². The normalized spacial score (nSPS) is 19.7. The van der Waals surface area contributed by atoms with Crippen molar-refractivity contribution >= 4 is 23.5 Å². The van der Waals surface area contributed by atoms with Gasteiger partial charge in [-0.1, -0.05) is 0 Å². The van der Waals surface area contributed by atoms with Crippen LogP contribution in [-0.2, 0) is 15.2 Å². The molecule has 2 saturated heterocycles. The van der Waals surface area contributed by atoms with Crippen LogP contribution in [0.25, 0.3) is 0 Å². The first-order valence-corrected chi connectivity index (χ1v) is 11.7. The molecule has 3 rings (SSSR count). The second-order valence-electron chi connectivity index (χ2n) is 6.69. The van der Waals surface area contributed by atoms with E-state index < -0.39 is 0 Å². The fraction of sp³-hybridized carbons (Fsp3) is 0.737. The van der Waals surface area contributed by atoms with Crippen molar-refractivity contribution in [1.29, 1.82) is 0 Å². The summed E-state index contributed by atoms with van der Waals surface area (Å²) in [5.41, 5.74) is 2.60. The van der Waals surface area contributed by atoms with E-state index in [4.69, 9.17) is 9.47 Å². The average molecular weight is 398 g/mol. The van der Waals surface area contributed by atoms with Crippen LogP contribution >= 0.6 is 23.5 Å². The Morgan fingerprint density at radius 1 is 0.962 bits per heavy atom. The molecule has 0 saturated carbocycles. The van der Waals surface area contributed by atoms with Crippen molar-refractivity contribution in [3.8, 4) is 0 Å². The van der Waals surface area contributed by atoms with Gasteiger partial charge in [-0.3, -0.25) is 14.8 Å². The Morgan fingerprint density at radius 3 is 2.23 bits per heavy atom. The Balaban J connectivity index is 1.38. The van der Waals surface area contributed by atoms with E-state index >= 15 is 0 Å². The molecule has 2 fully saturated rings. The molecule has 26 heavy (non-hydrogen) atoms. The summed E-state index contributed by atoms with van der Waals surface area (Å²) in [5.74, 6) is 3.30. The molecule has 0 spiro atoms. The van der Waals surface area contributed by atoms with Crippen molar-refractivity contribution in [3.63, 3.8) is 0 Å². The topological polar surface area (TPSA) is 37.8 Å². The van der Waals surface area contributed by atoms with Gasteiger partial charge in [0.05, 0.1) is 32.1 Å². The molecule has 0 atom stereocenters. The van der Waals surface area contributed by atoms with Crippen molar-refractivity contribution in [2.24, 2.45) is 0 Å². The third-order valence-corrected chi connectivity index (χ3v) is 7.01. The lowest BCUT2D eigenvalue weighted by Gasteiger charge is -2.26. The smallest absolute Gasteiger partial charge is 0.0594 e. The minimum absolute atomic E-state index is 0.880. The number of pyridine rings is 1. The number of hydrogen-bond donors (Lipinski definition) is 0. The van der Waals surface area contributed by atoms with E-state index in [1.54, 1.807) is 0 Å². The average Bonchev–Trinajstić information content (AvgIpc) is 2.69. The van der Waals surface area contributed by atoms with Gasteiger partial charge in [-0.05, 0) is 18.6 Å². The van der Waals surface area contributed by atoms with Gasteiger partial charge in [0.15, 0.2) is 0 Å². The number of nitrogens with zero attached hydrogens (tertiary/aromatic N) is 3. The molecule has 2 aliphatic rings. The van der Waals surface area contributed by atoms with Gasteiger partial charge in [0.25, 0.3) is 0 Å². The summed E-state index contributed by atoms with van der Waals surface area (Å²) < 4.78 is 10.8. The predicted octanol–water partition coefficient (Wildman–Crippen LogP) is 2.38. The quantitative estimate of drug-likeness (QED) is 0.468. The summed E-state index contributed by atoms with van der Waals surface area (Å²) in [6.45, 7) is 12.3. The van der Waals surface area contributed by atoms with Crippen LogP contribution in [0.2, 0.25) is 0 Å². The molecule has 5 nitrogen and oxygen atoms in total. The van der Waals surface area contributed by atoms with Gasteiger partial charge < -0.3 is 9.47 Å². The molecule has 1 aromatic rings. The molecule has 7 heteroatoms. The maximum absolute atomic E-state index is 5.42. The molecule has 0 bridgehead atoms. The van der Waals surface area contributed by atoms with Crippen LogP contribution in [0.5, 0.6) is 0 Å². The number of hydrogen-bond acceptors (Lipinski definition) is 7. The third-order valence-electron chi connectivity index (χ3n) is 4.92. The Labute approximate surface area is 166 Å². The lowest BCUT2D eigenvalue weighted by Crippen LogP contribution is -2.37. The monoisotopic (exact) mass is 397 g/mol. The third kappa shape index (κ3) is 6.69. The van der Waals surface area contributed by atoms with Gasteiger partial charge in [-0.25, -0.2) is 0 Å². The van der Waals surface area contributed by atoms with Crippen LogP contribution < -0.4 is 0 Å². The van der Waals surface area contributed by atoms with E-state index in [1.807, 2.05) is 29.7 Å². The van der Waals surface area contributed by atoms with Crippen molar-refractivity contribution in [2.45, 2.75) is 17.6 Å². The number of morpholine rings is 2. The van der Waals surface area contributed by atoms with Crippen molar-refractivity contribution in [2.75, 3.05) is 77.2 Å². The molecular formula is C19H31N3O2S2. The van der Waals surface area contributed by atoms with Crippen LogP contribution in [0.3, 0.4) is 0 Å². The molecular weight excluding hydrogens is 366 g/mol. The first-order chi connectivity index (χ1) is 12.8. The highest BCUT2D eigenvalue weighted by Gasteiger charge is 2.12. The Hall–Kier alpha value is -0.310. The SMILES string of the molecule is Cc1c(SCCN2CCOCC2)ccnc1CSCCN1CCOCC1. The Kier molecular flexibility index (Phi) is 9.05. The van der Waals surface area contributed by atoms with E-state index in [1.165, 1.54) is 16.2 Å².